The van der Waals surface area contributed by atoms with Crippen molar-refractivity contribution in [2.24, 2.45) is 5.73 Å². The van der Waals surface area contributed by atoms with Gasteiger partial charge in [0.1, 0.15) is 18.2 Å². The highest BCUT2D eigenvalue weighted by molar-refractivity contribution is 9.10. The summed E-state index contributed by atoms with van der Waals surface area (Å²) in [6, 6.07) is 12.2. The van der Waals surface area contributed by atoms with E-state index in [1.165, 1.54) is 12.1 Å². The van der Waals surface area contributed by atoms with Gasteiger partial charge in [-0.3, -0.25) is 5.10 Å². The maximum absolute atomic E-state index is 11.1. The van der Waals surface area contributed by atoms with Crippen LogP contribution in [0.1, 0.15) is 45.6 Å². The van der Waals surface area contributed by atoms with Crippen molar-refractivity contribution in [2.75, 3.05) is 6.61 Å². The number of aromatic nitrogens is 2. The van der Waals surface area contributed by atoms with E-state index < -0.39 is 11.9 Å². The van der Waals surface area contributed by atoms with Gasteiger partial charge in [-0.1, -0.05) is 28.1 Å². The Balaban J connectivity index is 1.71. The van der Waals surface area contributed by atoms with E-state index in [9.17, 15) is 10.1 Å². The van der Waals surface area contributed by atoms with Gasteiger partial charge in [0.15, 0.2) is 11.5 Å². The molecule has 1 aliphatic heterocycles. The van der Waals surface area contributed by atoms with Gasteiger partial charge in [0, 0.05) is 15.7 Å². The first-order valence-corrected chi connectivity index (χ1v) is 11.2. The number of fused-ring (bicyclic) bond motifs is 1. The number of ether oxygens (including phenoxy) is 3. The van der Waals surface area contributed by atoms with Crippen LogP contribution in [0.5, 0.6) is 17.4 Å². The second-order valence-electron chi connectivity index (χ2n) is 7.54. The number of halogens is 1. The zero-order valence-corrected chi connectivity index (χ0v) is 20.0. The summed E-state index contributed by atoms with van der Waals surface area (Å²) in [6.45, 7) is 4.33. The molecule has 0 spiro atoms. The summed E-state index contributed by atoms with van der Waals surface area (Å²) in [5, 5.41) is 25.9. The van der Waals surface area contributed by atoms with Gasteiger partial charge in [-0.15, -0.1) is 5.10 Å². The summed E-state index contributed by atoms with van der Waals surface area (Å²) in [5.41, 5.74) is 9.54. The van der Waals surface area contributed by atoms with Crippen molar-refractivity contribution in [3.8, 4) is 23.4 Å². The average molecular weight is 525 g/mol. The highest BCUT2D eigenvalue weighted by Gasteiger charge is 2.36. The molecule has 0 radical (unpaired) electrons. The Kier molecular flexibility index (Phi) is 6.47. The van der Waals surface area contributed by atoms with E-state index in [4.69, 9.17) is 25.1 Å². The summed E-state index contributed by atoms with van der Waals surface area (Å²) >= 11 is 3.62. The molecule has 3 aromatic rings. The smallest absolute Gasteiger partial charge is 0.335 e. The number of carboxylic acid groups (broad SMARTS) is 1. The molecule has 174 valence electrons. The molecule has 9 nitrogen and oxygen atoms in total. The normalized spacial score (nSPS) is 14.7. The summed E-state index contributed by atoms with van der Waals surface area (Å²) in [4.78, 5) is 11.1. The molecule has 1 atom stereocenters. The molecule has 0 unspecified atom stereocenters. The minimum Gasteiger partial charge on any atom is -0.490 e. The third-order valence-corrected chi connectivity index (χ3v) is 6.09. The molecule has 1 aromatic heterocycles. The minimum absolute atomic E-state index is 0.00138. The van der Waals surface area contributed by atoms with Crippen LogP contribution in [0.4, 0.5) is 0 Å². The van der Waals surface area contributed by atoms with Crippen LogP contribution in [0.2, 0.25) is 0 Å². The molecule has 0 saturated heterocycles. The molecule has 34 heavy (non-hydrogen) atoms. The van der Waals surface area contributed by atoms with Crippen molar-refractivity contribution in [3.63, 3.8) is 0 Å². The highest BCUT2D eigenvalue weighted by Crippen LogP contribution is 2.47. The lowest BCUT2D eigenvalue weighted by Crippen LogP contribution is -2.21. The first-order valence-electron chi connectivity index (χ1n) is 10.4. The van der Waals surface area contributed by atoms with E-state index in [1.807, 2.05) is 19.9 Å². The van der Waals surface area contributed by atoms with Crippen LogP contribution in [0, 0.1) is 18.3 Å². The number of nitriles is 1. The van der Waals surface area contributed by atoms with Crippen molar-refractivity contribution in [3.05, 3.63) is 80.3 Å². The SMILES string of the molecule is CCOc1cc([C@H]2C(C#N)=C(N)Oc3n[nH]c(C)c32)c(Br)cc1OCc1ccc(C(=O)O)cc1. The van der Waals surface area contributed by atoms with Gasteiger partial charge < -0.3 is 25.1 Å². The number of H-pyrrole nitrogens is 1. The number of benzene rings is 2. The predicted molar refractivity (Wildman–Crippen MR) is 126 cm³/mol. The fourth-order valence-electron chi connectivity index (χ4n) is 3.77. The molecule has 0 fully saturated rings. The van der Waals surface area contributed by atoms with Crippen LogP contribution in [0.3, 0.4) is 0 Å². The Bertz CT molecular complexity index is 1320. The Labute approximate surface area is 203 Å². The van der Waals surface area contributed by atoms with Gasteiger partial charge in [0.05, 0.1) is 18.1 Å². The van der Waals surface area contributed by atoms with Crippen LogP contribution < -0.4 is 19.9 Å². The maximum Gasteiger partial charge on any atom is 0.335 e. The number of nitrogens with two attached hydrogens (primary N) is 1. The molecular weight excluding hydrogens is 504 g/mol. The zero-order chi connectivity index (χ0) is 24.4. The number of nitrogens with zero attached hydrogens (tertiary/aromatic N) is 2. The van der Waals surface area contributed by atoms with Crippen molar-refractivity contribution in [1.82, 2.24) is 10.2 Å². The summed E-state index contributed by atoms with van der Waals surface area (Å²) in [7, 11) is 0. The molecule has 0 bridgehead atoms. The van der Waals surface area contributed by atoms with Crippen LogP contribution in [-0.2, 0) is 6.61 Å². The number of aryl methyl sites for hydroxylation is 1. The van der Waals surface area contributed by atoms with Crippen molar-refractivity contribution in [1.29, 1.82) is 5.26 Å². The number of rotatable bonds is 7. The van der Waals surface area contributed by atoms with Gasteiger partial charge in [0.25, 0.3) is 0 Å². The number of allylic oxidation sites excluding steroid dienone is 1. The Hall–Kier alpha value is -3.97. The molecule has 10 heteroatoms. The van der Waals surface area contributed by atoms with Crippen LogP contribution >= 0.6 is 15.9 Å². The van der Waals surface area contributed by atoms with E-state index >= 15 is 0 Å². The van der Waals surface area contributed by atoms with Crippen molar-refractivity contribution >= 4 is 21.9 Å². The lowest BCUT2D eigenvalue weighted by atomic mass is 9.84. The van der Waals surface area contributed by atoms with E-state index in [2.05, 4.69) is 32.2 Å². The predicted octanol–water partition coefficient (Wildman–Crippen LogP) is 4.37. The Morgan fingerprint density at radius 1 is 1.29 bits per heavy atom. The third-order valence-electron chi connectivity index (χ3n) is 5.40. The number of carbonyl (C=O) groups is 1. The Morgan fingerprint density at radius 3 is 2.65 bits per heavy atom. The van der Waals surface area contributed by atoms with E-state index in [-0.39, 0.29) is 23.6 Å². The lowest BCUT2D eigenvalue weighted by molar-refractivity contribution is 0.0697. The number of hydrogen-bond donors (Lipinski definition) is 3. The molecule has 0 saturated carbocycles. The molecule has 0 amide bonds. The van der Waals surface area contributed by atoms with E-state index in [0.717, 1.165) is 22.4 Å². The topological polar surface area (TPSA) is 143 Å². The molecular formula is C24H21BrN4O5. The fraction of sp³-hybridized carbons (Fsp3) is 0.208. The molecule has 0 aliphatic carbocycles. The molecule has 2 aromatic carbocycles. The van der Waals surface area contributed by atoms with Crippen molar-refractivity contribution < 1.29 is 24.1 Å². The van der Waals surface area contributed by atoms with Crippen LogP contribution in [0.15, 0.2) is 52.3 Å². The highest BCUT2D eigenvalue weighted by atomic mass is 79.9. The minimum atomic E-state index is -0.985. The zero-order valence-electron chi connectivity index (χ0n) is 18.4. The standard InChI is InChI=1S/C24H21BrN4O5/c1-3-32-18-8-15(21-16(10-26)22(27)34-23-20(21)12(2)28-29-23)17(25)9-19(18)33-11-13-4-6-14(7-5-13)24(30)31/h4-9,21H,3,11,27H2,1-2H3,(H,28,29)(H,30,31)/t21-/m0/s1. The quantitative estimate of drug-likeness (QED) is 0.413. The van der Waals surface area contributed by atoms with E-state index in [1.54, 1.807) is 18.2 Å². The monoisotopic (exact) mass is 524 g/mol. The van der Waals surface area contributed by atoms with Gasteiger partial charge >= 0.3 is 5.97 Å². The second-order valence-corrected chi connectivity index (χ2v) is 8.39. The molecule has 2 heterocycles. The molecule has 1 aliphatic rings. The van der Waals surface area contributed by atoms with E-state index in [0.29, 0.717) is 28.5 Å². The van der Waals surface area contributed by atoms with Crippen LogP contribution in [-0.4, -0.2) is 27.9 Å². The van der Waals surface area contributed by atoms with Gasteiger partial charge in [0.2, 0.25) is 11.8 Å². The van der Waals surface area contributed by atoms with Crippen molar-refractivity contribution in [2.45, 2.75) is 26.4 Å². The second kappa shape index (κ2) is 9.49. The number of carboxylic acids is 1. The third kappa shape index (κ3) is 4.30. The van der Waals surface area contributed by atoms with Gasteiger partial charge in [-0.25, -0.2) is 4.79 Å². The largest absolute Gasteiger partial charge is 0.490 e. The summed E-state index contributed by atoms with van der Waals surface area (Å²) < 4.78 is 18.1. The first kappa shape index (κ1) is 23.2. The molecule has 4 N–H and O–H groups in total. The fourth-order valence-corrected chi connectivity index (χ4v) is 4.32. The number of nitrogens with one attached hydrogen (secondary N) is 1. The lowest BCUT2D eigenvalue weighted by Gasteiger charge is -2.25. The number of aromatic carboxylic acids is 1. The number of hydrogen-bond acceptors (Lipinski definition) is 7. The summed E-state index contributed by atoms with van der Waals surface area (Å²) in [5.74, 6) is -0.185. The van der Waals surface area contributed by atoms with Crippen LogP contribution in [0.25, 0.3) is 0 Å². The van der Waals surface area contributed by atoms with Gasteiger partial charge in [-0.2, -0.15) is 5.26 Å². The van der Waals surface area contributed by atoms with Gasteiger partial charge in [-0.05, 0) is 49.2 Å². The summed E-state index contributed by atoms with van der Waals surface area (Å²) in [6.07, 6.45) is 0. The Morgan fingerprint density at radius 2 is 2.00 bits per heavy atom. The first-order chi connectivity index (χ1) is 16.3. The molecule has 4 rings (SSSR count). The average Bonchev–Trinajstić information content (AvgIpc) is 3.18. The maximum atomic E-state index is 11.1. The number of aromatic amines is 1.